The van der Waals surface area contributed by atoms with Gasteiger partial charge in [-0.15, -0.1) is 0 Å². The Bertz CT molecular complexity index is 640. The molecule has 0 spiro atoms. The second-order valence-corrected chi connectivity index (χ2v) is 7.08. The first-order chi connectivity index (χ1) is 9.62. The maximum Gasteiger partial charge on any atom is 0.263 e. The standard InChI is InChI=1S/C14H19N3O2S/c15-9-10-5-1-3-7-12(10)16-14-11-6-2-4-8-13(11)20(18,19)17-14/h2,4,6,8,10,12H,1,3,5,7,9,15H2,(H,16,17). The average Bonchev–Trinajstić information content (AvgIpc) is 2.71. The van der Waals surface area contributed by atoms with E-state index in [1.165, 1.54) is 6.42 Å². The molecule has 2 aliphatic rings. The number of nitrogens with two attached hydrogens (primary N) is 1. The fraction of sp³-hybridized carbons (Fsp3) is 0.500. The predicted octanol–water partition coefficient (Wildman–Crippen LogP) is 1.24. The fourth-order valence-corrected chi connectivity index (χ4v) is 4.27. The second kappa shape index (κ2) is 5.18. The maximum atomic E-state index is 12.0. The molecular weight excluding hydrogens is 274 g/mol. The summed E-state index contributed by atoms with van der Waals surface area (Å²) in [6.45, 7) is 0.607. The van der Waals surface area contributed by atoms with Crippen LogP contribution in [0.1, 0.15) is 31.2 Å². The highest BCUT2D eigenvalue weighted by Gasteiger charge is 2.32. The van der Waals surface area contributed by atoms with Crippen LogP contribution < -0.4 is 10.5 Å². The highest BCUT2D eigenvalue weighted by molar-refractivity contribution is 7.90. The summed E-state index contributed by atoms with van der Waals surface area (Å²) >= 11 is 0. The summed E-state index contributed by atoms with van der Waals surface area (Å²) in [7, 11) is -3.44. The Kier molecular flexibility index (Phi) is 3.52. The number of nitrogens with one attached hydrogen (secondary N) is 1. The molecule has 6 heteroatoms. The first kappa shape index (κ1) is 13.6. The van der Waals surface area contributed by atoms with Crippen LogP contribution in [-0.2, 0) is 10.0 Å². The van der Waals surface area contributed by atoms with Gasteiger partial charge in [-0.25, -0.2) is 8.42 Å². The van der Waals surface area contributed by atoms with Gasteiger partial charge in [-0.2, -0.15) is 0 Å². The smallest absolute Gasteiger partial charge is 0.263 e. The molecule has 1 aromatic carbocycles. The van der Waals surface area contributed by atoms with E-state index in [1.54, 1.807) is 18.2 Å². The second-order valence-electron chi connectivity index (χ2n) is 5.43. The molecule has 1 aromatic rings. The van der Waals surface area contributed by atoms with Crippen molar-refractivity contribution < 1.29 is 8.42 Å². The van der Waals surface area contributed by atoms with Crippen molar-refractivity contribution in [2.45, 2.75) is 36.6 Å². The van der Waals surface area contributed by atoms with Crippen molar-refractivity contribution in [2.24, 2.45) is 16.6 Å². The predicted molar refractivity (Wildman–Crippen MR) is 78.1 cm³/mol. The van der Waals surface area contributed by atoms with Crippen molar-refractivity contribution in [1.29, 1.82) is 0 Å². The summed E-state index contributed by atoms with van der Waals surface area (Å²) in [6.07, 6.45) is 4.37. The van der Waals surface area contributed by atoms with Crippen molar-refractivity contribution in [1.82, 2.24) is 4.72 Å². The fourth-order valence-electron chi connectivity index (χ4n) is 3.03. The normalized spacial score (nSPS) is 29.9. The van der Waals surface area contributed by atoms with E-state index < -0.39 is 10.0 Å². The number of rotatable bonds is 2. The molecule has 3 rings (SSSR count). The molecule has 5 nitrogen and oxygen atoms in total. The highest BCUT2D eigenvalue weighted by Crippen LogP contribution is 2.28. The van der Waals surface area contributed by atoms with Gasteiger partial charge in [-0.3, -0.25) is 9.71 Å². The van der Waals surface area contributed by atoms with Crippen molar-refractivity contribution in [3.63, 3.8) is 0 Å². The Labute approximate surface area is 119 Å². The molecule has 2 atom stereocenters. The minimum Gasteiger partial charge on any atom is -0.330 e. The van der Waals surface area contributed by atoms with Crippen LogP contribution in [0.15, 0.2) is 34.2 Å². The van der Waals surface area contributed by atoms with Crippen molar-refractivity contribution in [2.75, 3.05) is 6.54 Å². The minimum absolute atomic E-state index is 0.123. The lowest BCUT2D eigenvalue weighted by Gasteiger charge is -2.27. The molecule has 0 aromatic heterocycles. The number of hydrogen-bond acceptors (Lipinski definition) is 4. The lowest BCUT2D eigenvalue weighted by atomic mass is 9.85. The molecule has 1 aliphatic heterocycles. The number of sulfonamides is 1. The molecule has 1 fully saturated rings. The molecule has 2 unspecified atom stereocenters. The summed E-state index contributed by atoms with van der Waals surface area (Å²) in [5.41, 5.74) is 6.48. The number of hydrogen-bond donors (Lipinski definition) is 2. The molecule has 0 bridgehead atoms. The Balaban J connectivity index is 1.97. The third-order valence-corrected chi connectivity index (χ3v) is 5.53. The Morgan fingerprint density at radius 3 is 2.80 bits per heavy atom. The van der Waals surface area contributed by atoms with Gasteiger partial charge in [0.05, 0.1) is 10.9 Å². The Morgan fingerprint density at radius 2 is 2.00 bits per heavy atom. The quantitative estimate of drug-likeness (QED) is 0.860. The molecule has 1 heterocycles. The number of nitrogens with zero attached hydrogens (tertiary/aromatic N) is 1. The van der Waals surface area contributed by atoms with Gasteiger partial charge in [0.2, 0.25) is 0 Å². The van der Waals surface area contributed by atoms with Crippen molar-refractivity contribution in [3.05, 3.63) is 29.8 Å². The van der Waals surface area contributed by atoms with Crippen molar-refractivity contribution >= 4 is 15.9 Å². The third-order valence-electron chi connectivity index (χ3n) is 4.13. The number of fused-ring (bicyclic) bond motifs is 1. The first-order valence-electron chi connectivity index (χ1n) is 7.02. The number of amidine groups is 1. The lowest BCUT2D eigenvalue weighted by molar-refractivity contribution is 0.317. The zero-order valence-electron chi connectivity index (χ0n) is 11.2. The molecule has 0 saturated heterocycles. The van der Waals surface area contributed by atoms with E-state index in [9.17, 15) is 8.42 Å². The van der Waals surface area contributed by atoms with Crippen molar-refractivity contribution in [3.8, 4) is 0 Å². The summed E-state index contributed by atoms with van der Waals surface area (Å²) in [6, 6.07) is 7.09. The van der Waals surface area contributed by atoms with Gasteiger partial charge in [-0.05, 0) is 37.4 Å². The molecule has 1 saturated carbocycles. The van der Waals surface area contributed by atoms with Gasteiger partial charge in [0.1, 0.15) is 5.84 Å². The summed E-state index contributed by atoms with van der Waals surface area (Å²) in [5, 5.41) is 0. The van der Waals surface area contributed by atoms with E-state index >= 15 is 0 Å². The van der Waals surface area contributed by atoms with Crippen LogP contribution in [0.3, 0.4) is 0 Å². The summed E-state index contributed by atoms with van der Waals surface area (Å²) < 4.78 is 26.6. The van der Waals surface area contributed by atoms with E-state index in [-0.39, 0.29) is 6.04 Å². The number of aliphatic imine (C=N–C) groups is 1. The van der Waals surface area contributed by atoms with Crippen LogP contribution in [0.4, 0.5) is 0 Å². The lowest BCUT2D eigenvalue weighted by Crippen LogP contribution is -2.32. The summed E-state index contributed by atoms with van der Waals surface area (Å²) in [5.74, 6) is 0.833. The largest absolute Gasteiger partial charge is 0.330 e. The van der Waals surface area contributed by atoms with Crippen LogP contribution in [-0.4, -0.2) is 26.8 Å². The van der Waals surface area contributed by atoms with Crippen LogP contribution >= 0.6 is 0 Å². The first-order valence-corrected chi connectivity index (χ1v) is 8.50. The third kappa shape index (κ3) is 2.33. The van der Waals surface area contributed by atoms with E-state index in [0.717, 1.165) is 19.3 Å². The molecule has 108 valence electrons. The number of benzene rings is 1. The van der Waals surface area contributed by atoms with Gasteiger partial charge in [-0.1, -0.05) is 25.0 Å². The zero-order valence-corrected chi connectivity index (χ0v) is 12.1. The highest BCUT2D eigenvalue weighted by atomic mass is 32.2. The van der Waals surface area contributed by atoms with E-state index in [0.29, 0.717) is 28.8 Å². The summed E-state index contributed by atoms with van der Waals surface area (Å²) in [4.78, 5) is 4.99. The minimum atomic E-state index is -3.44. The zero-order chi connectivity index (χ0) is 14.2. The maximum absolute atomic E-state index is 12.0. The van der Waals surface area contributed by atoms with Gasteiger partial charge in [0, 0.05) is 5.56 Å². The Morgan fingerprint density at radius 1 is 1.25 bits per heavy atom. The van der Waals surface area contributed by atoms with Crippen LogP contribution in [0.5, 0.6) is 0 Å². The van der Waals surface area contributed by atoms with Crippen LogP contribution in [0.25, 0.3) is 0 Å². The van der Waals surface area contributed by atoms with Crippen LogP contribution in [0, 0.1) is 5.92 Å². The topological polar surface area (TPSA) is 84.5 Å². The molecule has 0 amide bonds. The van der Waals surface area contributed by atoms with Gasteiger partial charge >= 0.3 is 0 Å². The molecular formula is C14H19N3O2S. The Hall–Kier alpha value is -1.40. The van der Waals surface area contributed by atoms with Gasteiger partial charge in [0.15, 0.2) is 0 Å². The average molecular weight is 293 g/mol. The van der Waals surface area contributed by atoms with E-state index in [2.05, 4.69) is 9.71 Å². The molecule has 0 radical (unpaired) electrons. The van der Waals surface area contributed by atoms with E-state index in [4.69, 9.17) is 5.73 Å². The monoisotopic (exact) mass is 293 g/mol. The van der Waals surface area contributed by atoms with Gasteiger partial charge < -0.3 is 5.73 Å². The molecule has 20 heavy (non-hydrogen) atoms. The van der Waals surface area contributed by atoms with Crippen LogP contribution in [0.2, 0.25) is 0 Å². The molecule has 1 aliphatic carbocycles. The SMILES string of the molecule is NCC1CCCCC1N=C1NS(=O)(=O)c2ccccc21. The van der Waals surface area contributed by atoms with Gasteiger partial charge in [0.25, 0.3) is 10.0 Å². The van der Waals surface area contributed by atoms with E-state index in [1.807, 2.05) is 6.07 Å². The molecule has 3 N–H and O–H groups in total.